The van der Waals surface area contributed by atoms with Crippen LogP contribution in [0.1, 0.15) is 31.7 Å². The van der Waals surface area contributed by atoms with Crippen molar-refractivity contribution in [3.05, 3.63) is 35.6 Å². The first-order valence-electron chi connectivity index (χ1n) is 10.7. The lowest BCUT2D eigenvalue weighted by Gasteiger charge is -2.39. The van der Waals surface area contributed by atoms with E-state index in [4.69, 9.17) is 0 Å². The molecule has 0 spiro atoms. The molecule has 2 amide bonds. The Bertz CT molecular complexity index is 700. The average Bonchev–Trinajstić information content (AvgIpc) is 2.74. The minimum Gasteiger partial charge on any atom is -0.342 e. The van der Waals surface area contributed by atoms with Crippen LogP contribution in [0, 0.1) is 5.82 Å². The maximum absolute atomic E-state index is 13.4. The summed E-state index contributed by atoms with van der Waals surface area (Å²) in [7, 11) is 1.76. The van der Waals surface area contributed by atoms with Gasteiger partial charge in [0.15, 0.2) is 0 Å². The summed E-state index contributed by atoms with van der Waals surface area (Å²) < 4.78 is 13.4. The maximum Gasteiger partial charge on any atom is 0.239 e. The van der Waals surface area contributed by atoms with Crippen molar-refractivity contribution >= 4 is 11.8 Å². The molecule has 2 aliphatic heterocycles. The number of amides is 2. The summed E-state index contributed by atoms with van der Waals surface area (Å²) in [6.07, 6.45) is 3.45. The third kappa shape index (κ3) is 6.00. The predicted octanol–water partition coefficient (Wildman–Crippen LogP) is 1.80. The third-order valence-electron chi connectivity index (χ3n) is 6.06. The topological polar surface area (TPSA) is 47.1 Å². The molecule has 6 nitrogen and oxygen atoms in total. The molecule has 0 N–H and O–H groups in total. The van der Waals surface area contributed by atoms with Crippen molar-refractivity contribution in [1.82, 2.24) is 19.6 Å². The zero-order valence-electron chi connectivity index (χ0n) is 17.6. The highest BCUT2D eigenvalue weighted by Crippen LogP contribution is 2.13. The number of hydrogen-bond donors (Lipinski definition) is 0. The highest BCUT2D eigenvalue weighted by Gasteiger charge is 2.29. The minimum absolute atomic E-state index is 0.0344. The van der Waals surface area contributed by atoms with Crippen LogP contribution in [0.2, 0.25) is 0 Å². The number of carbonyl (C=O) groups is 2. The summed E-state index contributed by atoms with van der Waals surface area (Å²) in [6.45, 7) is 7.72. The molecular weight excluding hydrogens is 371 g/mol. The van der Waals surface area contributed by atoms with Gasteiger partial charge < -0.3 is 9.80 Å². The fourth-order valence-corrected chi connectivity index (χ4v) is 4.21. The lowest BCUT2D eigenvalue weighted by molar-refractivity contribution is -0.138. The van der Waals surface area contributed by atoms with Gasteiger partial charge in [-0.3, -0.25) is 19.4 Å². The van der Waals surface area contributed by atoms with Crippen molar-refractivity contribution in [2.45, 2.75) is 38.8 Å². The zero-order valence-corrected chi connectivity index (χ0v) is 17.6. The van der Waals surface area contributed by atoms with Crippen LogP contribution in [-0.2, 0) is 16.1 Å². The zero-order chi connectivity index (χ0) is 20.8. The van der Waals surface area contributed by atoms with Crippen LogP contribution >= 0.6 is 0 Å². The van der Waals surface area contributed by atoms with Gasteiger partial charge in [0.2, 0.25) is 11.8 Å². The Hall–Kier alpha value is -1.99. The van der Waals surface area contributed by atoms with Gasteiger partial charge in [-0.1, -0.05) is 12.1 Å². The number of halogens is 1. The van der Waals surface area contributed by atoms with Crippen molar-refractivity contribution in [1.29, 1.82) is 0 Å². The number of piperidine rings is 1. The molecule has 7 heteroatoms. The van der Waals surface area contributed by atoms with E-state index in [9.17, 15) is 14.0 Å². The molecule has 1 aromatic rings. The van der Waals surface area contributed by atoms with Crippen LogP contribution in [0.25, 0.3) is 0 Å². The largest absolute Gasteiger partial charge is 0.342 e. The molecule has 2 aliphatic rings. The quantitative estimate of drug-likeness (QED) is 0.726. The smallest absolute Gasteiger partial charge is 0.239 e. The first-order chi connectivity index (χ1) is 13.9. The van der Waals surface area contributed by atoms with E-state index in [-0.39, 0.29) is 23.7 Å². The number of likely N-dealkylation sites (tertiary alicyclic amines) is 1. The Morgan fingerprint density at radius 1 is 1.07 bits per heavy atom. The Morgan fingerprint density at radius 3 is 2.41 bits per heavy atom. The molecule has 2 saturated heterocycles. The number of piperazine rings is 1. The Kier molecular flexibility index (Phi) is 7.61. The molecule has 29 heavy (non-hydrogen) atoms. The van der Waals surface area contributed by atoms with Crippen LogP contribution in [0.15, 0.2) is 24.3 Å². The van der Waals surface area contributed by atoms with E-state index in [1.54, 1.807) is 18.0 Å². The average molecular weight is 405 g/mol. The van der Waals surface area contributed by atoms with Crippen molar-refractivity contribution in [2.75, 3.05) is 52.9 Å². The summed E-state index contributed by atoms with van der Waals surface area (Å²) in [5.41, 5.74) is 0.786. The van der Waals surface area contributed by atoms with Crippen LogP contribution in [0.5, 0.6) is 0 Å². The maximum atomic E-state index is 13.4. The SMILES string of the molecule is CC(C(=O)N(C)Cc1cccc(F)c1)N1CCN(CC(=O)N2CCCCC2)CC1. The van der Waals surface area contributed by atoms with Crippen molar-refractivity contribution < 1.29 is 14.0 Å². The monoisotopic (exact) mass is 404 g/mol. The first-order valence-corrected chi connectivity index (χ1v) is 10.7. The molecule has 0 aromatic heterocycles. The summed E-state index contributed by atoms with van der Waals surface area (Å²) in [5.74, 6) is -0.0178. The van der Waals surface area contributed by atoms with Gasteiger partial charge in [-0.05, 0) is 43.9 Å². The van der Waals surface area contributed by atoms with Crippen molar-refractivity contribution in [3.63, 3.8) is 0 Å². The predicted molar refractivity (Wildman–Crippen MR) is 111 cm³/mol. The fraction of sp³-hybridized carbons (Fsp3) is 0.636. The lowest BCUT2D eigenvalue weighted by atomic mass is 10.1. The van der Waals surface area contributed by atoms with Gasteiger partial charge in [0.05, 0.1) is 12.6 Å². The van der Waals surface area contributed by atoms with E-state index < -0.39 is 0 Å². The van der Waals surface area contributed by atoms with Crippen LogP contribution < -0.4 is 0 Å². The third-order valence-corrected chi connectivity index (χ3v) is 6.06. The van der Waals surface area contributed by atoms with Crippen LogP contribution in [0.3, 0.4) is 0 Å². The molecular formula is C22H33FN4O2. The number of carbonyl (C=O) groups excluding carboxylic acids is 2. The van der Waals surface area contributed by atoms with Gasteiger partial charge in [-0.25, -0.2) is 4.39 Å². The normalized spacial score (nSPS) is 19.8. The summed E-state index contributed by atoms with van der Waals surface area (Å²) in [4.78, 5) is 33.3. The number of hydrogen-bond acceptors (Lipinski definition) is 4. The van der Waals surface area contributed by atoms with E-state index in [1.807, 2.05) is 17.9 Å². The number of benzene rings is 1. The Morgan fingerprint density at radius 2 is 1.76 bits per heavy atom. The molecule has 2 fully saturated rings. The molecule has 1 unspecified atom stereocenters. The van der Waals surface area contributed by atoms with E-state index in [1.165, 1.54) is 18.6 Å². The second-order valence-corrected chi connectivity index (χ2v) is 8.25. The van der Waals surface area contributed by atoms with Gasteiger partial charge in [0.25, 0.3) is 0 Å². The van der Waals surface area contributed by atoms with Gasteiger partial charge in [-0.2, -0.15) is 0 Å². The number of rotatable bonds is 6. The van der Waals surface area contributed by atoms with Gasteiger partial charge in [-0.15, -0.1) is 0 Å². The summed E-state index contributed by atoms with van der Waals surface area (Å²) in [5, 5.41) is 0. The van der Waals surface area contributed by atoms with Crippen molar-refractivity contribution in [3.8, 4) is 0 Å². The van der Waals surface area contributed by atoms with Gasteiger partial charge in [0, 0.05) is 52.9 Å². The molecule has 2 heterocycles. The fourth-order valence-electron chi connectivity index (χ4n) is 4.21. The Balaban J connectivity index is 1.44. The van der Waals surface area contributed by atoms with Gasteiger partial charge >= 0.3 is 0 Å². The second-order valence-electron chi connectivity index (χ2n) is 8.25. The highest BCUT2D eigenvalue weighted by atomic mass is 19.1. The Labute approximate surface area is 173 Å². The minimum atomic E-state index is -0.286. The molecule has 1 atom stereocenters. The molecule has 0 aliphatic carbocycles. The van der Waals surface area contributed by atoms with E-state index in [0.29, 0.717) is 13.1 Å². The molecule has 0 bridgehead atoms. The van der Waals surface area contributed by atoms with Crippen molar-refractivity contribution in [2.24, 2.45) is 0 Å². The van der Waals surface area contributed by atoms with E-state index in [2.05, 4.69) is 9.80 Å². The van der Waals surface area contributed by atoms with Crippen LogP contribution in [0.4, 0.5) is 4.39 Å². The molecule has 160 valence electrons. The molecule has 1 aromatic carbocycles. The molecule has 0 radical (unpaired) electrons. The van der Waals surface area contributed by atoms with Gasteiger partial charge in [0.1, 0.15) is 5.82 Å². The van der Waals surface area contributed by atoms with Crippen LogP contribution in [-0.4, -0.2) is 90.3 Å². The summed E-state index contributed by atoms with van der Waals surface area (Å²) >= 11 is 0. The number of nitrogens with zero attached hydrogens (tertiary/aromatic N) is 4. The molecule has 3 rings (SSSR count). The standard InChI is InChI=1S/C22H33FN4O2/c1-18(22(29)24(2)16-19-7-6-8-20(23)15-19)26-13-11-25(12-14-26)17-21(28)27-9-4-3-5-10-27/h6-8,15,18H,3-5,9-14,16-17H2,1-2H3. The number of likely N-dealkylation sites (N-methyl/N-ethyl adjacent to an activating group) is 1. The van der Waals surface area contributed by atoms with E-state index >= 15 is 0 Å². The highest BCUT2D eigenvalue weighted by molar-refractivity contribution is 5.81. The summed E-state index contributed by atoms with van der Waals surface area (Å²) in [6, 6.07) is 6.14. The first kappa shape index (κ1) is 21.7. The van der Waals surface area contributed by atoms with E-state index in [0.717, 1.165) is 57.7 Å². The second kappa shape index (κ2) is 10.2. The lowest BCUT2D eigenvalue weighted by Crippen LogP contribution is -2.55. The molecule has 0 saturated carbocycles.